The molecular formula is C8H17F3N2O. The zero-order valence-electron chi connectivity index (χ0n) is 8.66. The van der Waals surface area contributed by atoms with Crippen LogP contribution in [0.2, 0.25) is 0 Å². The van der Waals surface area contributed by atoms with Gasteiger partial charge in [-0.1, -0.05) is 0 Å². The normalized spacial score (nSPS) is 13.3. The summed E-state index contributed by atoms with van der Waals surface area (Å²) in [6.45, 7) is 5.56. The lowest BCUT2D eigenvalue weighted by atomic mass is 10.1. The van der Waals surface area contributed by atoms with Gasteiger partial charge in [0, 0.05) is 18.6 Å². The van der Waals surface area contributed by atoms with E-state index < -0.39 is 12.8 Å². The van der Waals surface area contributed by atoms with Gasteiger partial charge < -0.3 is 5.32 Å². The maximum absolute atomic E-state index is 11.6. The lowest BCUT2D eigenvalue weighted by Gasteiger charge is -2.20. The van der Waals surface area contributed by atoms with Crippen molar-refractivity contribution in [3.05, 3.63) is 0 Å². The zero-order valence-corrected chi connectivity index (χ0v) is 8.66. The zero-order chi connectivity index (χ0) is 11.2. The summed E-state index contributed by atoms with van der Waals surface area (Å²) in [6, 6.07) is 0. The number of nitrogens with one attached hydrogen (secondary N) is 2. The molecule has 2 N–H and O–H groups in total. The molecule has 0 aromatic carbocycles. The molecule has 3 nitrogen and oxygen atoms in total. The van der Waals surface area contributed by atoms with Crippen LogP contribution in [0.4, 0.5) is 13.2 Å². The fraction of sp³-hybridized carbons (Fsp3) is 1.00. The minimum atomic E-state index is -4.27. The summed E-state index contributed by atoms with van der Waals surface area (Å²) in [7, 11) is 0. The molecule has 0 fully saturated rings. The van der Waals surface area contributed by atoms with E-state index in [0.29, 0.717) is 13.1 Å². The highest BCUT2D eigenvalue weighted by atomic mass is 19.4. The molecule has 0 saturated heterocycles. The van der Waals surface area contributed by atoms with Crippen molar-refractivity contribution in [1.29, 1.82) is 0 Å². The highest BCUT2D eigenvalue weighted by Crippen LogP contribution is 2.13. The third-order valence-electron chi connectivity index (χ3n) is 1.22. The molecule has 86 valence electrons. The van der Waals surface area contributed by atoms with Gasteiger partial charge in [-0.3, -0.25) is 4.84 Å². The molecule has 0 rings (SSSR count). The van der Waals surface area contributed by atoms with E-state index in [1.54, 1.807) is 0 Å². The van der Waals surface area contributed by atoms with Crippen LogP contribution in [0.25, 0.3) is 0 Å². The van der Waals surface area contributed by atoms with Crippen LogP contribution in [-0.2, 0) is 4.84 Å². The minimum Gasteiger partial charge on any atom is -0.311 e. The molecule has 0 radical (unpaired) electrons. The first-order valence-corrected chi connectivity index (χ1v) is 4.37. The van der Waals surface area contributed by atoms with Crippen molar-refractivity contribution in [2.75, 3.05) is 19.7 Å². The third-order valence-corrected chi connectivity index (χ3v) is 1.22. The van der Waals surface area contributed by atoms with E-state index in [-0.39, 0.29) is 5.54 Å². The van der Waals surface area contributed by atoms with Gasteiger partial charge in [-0.2, -0.15) is 13.2 Å². The first-order chi connectivity index (χ1) is 6.21. The number of alkyl halides is 3. The Hall–Kier alpha value is -0.330. The van der Waals surface area contributed by atoms with Gasteiger partial charge in [-0.05, 0) is 20.8 Å². The molecule has 0 amide bonds. The Morgan fingerprint density at radius 1 is 1.07 bits per heavy atom. The smallest absolute Gasteiger partial charge is 0.311 e. The number of hydrogen-bond acceptors (Lipinski definition) is 3. The second-order valence-electron chi connectivity index (χ2n) is 3.97. The predicted octanol–water partition coefficient (Wildman–Crippen LogP) is 1.46. The molecule has 0 spiro atoms. The summed E-state index contributed by atoms with van der Waals surface area (Å²) in [4.78, 5) is 4.20. The fourth-order valence-electron chi connectivity index (χ4n) is 0.694. The SMILES string of the molecule is CC(C)(C)NCCNOCC(F)(F)F. The molecule has 0 unspecified atom stereocenters. The molecule has 0 aliphatic heterocycles. The van der Waals surface area contributed by atoms with Gasteiger partial charge in [0.2, 0.25) is 0 Å². The van der Waals surface area contributed by atoms with E-state index in [1.165, 1.54) is 0 Å². The molecule has 14 heavy (non-hydrogen) atoms. The van der Waals surface area contributed by atoms with Gasteiger partial charge in [0.15, 0.2) is 6.61 Å². The predicted molar refractivity (Wildman–Crippen MR) is 47.8 cm³/mol. The average Bonchev–Trinajstić information content (AvgIpc) is 1.92. The van der Waals surface area contributed by atoms with Crippen LogP contribution in [0.5, 0.6) is 0 Å². The Morgan fingerprint density at radius 2 is 1.64 bits per heavy atom. The molecule has 0 aliphatic carbocycles. The largest absolute Gasteiger partial charge is 0.413 e. The maximum atomic E-state index is 11.6. The number of hydrogen-bond donors (Lipinski definition) is 2. The highest BCUT2D eigenvalue weighted by Gasteiger charge is 2.27. The Kier molecular flexibility index (Phi) is 5.40. The second-order valence-corrected chi connectivity index (χ2v) is 3.97. The highest BCUT2D eigenvalue weighted by molar-refractivity contribution is 4.69. The molecule has 0 heterocycles. The quantitative estimate of drug-likeness (QED) is 0.537. The van der Waals surface area contributed by atoms with Gasteiger partial charge in [-0.25, -0.2) is 5.48 Å². The summed E-state index contributed by atoms with van der Waals surface area (Å²) < 4.78 is 34.7. The molecule has 6 heteroatoms. The van der Waals surface area contributed by atoms with Gasteiger partial charge >= 0.3 is 6.18 Å². The van der Waals surface area contributed by atoms with Crippen LogP contribution in [0.1, 0.15) is 20.8 Å². The van der Waals surface area contributed by atoms with E-state index in [1.807, 2.05) is 20.8 Å². The van der Waals surface area contributed by atoms with Crippen LogP contribution in [0.3, 0.4) is 0 Å². The average molecular weight is 214 g/mol. The Labute approximate surface area is 82.0 Å². The van der Waals surface area contributed by atoms with Crippen molar-refractivity contribution in [2.24, 2.45) is 0 Å². The summed E-state index contributed by atoms with van der Waals surface area (Å²) in [5.41, 5.74) is 2.20. The maximum Gasteiger partial charge on any atom is 0.413 e. The van der Waals surface area contributed by atoms with E-state index >= 15 is 0 Å². The molecule has 0 aliphatic rings. The van der Waals surface area contributed by atoms with Gasteiger partial charge in [0.25, 0.3) is 0 Å². The van der Waals surface area contributed by atoms with Crippen molar-refractivity contribution in [3.8, 4) is 0 Å². The van der Waals surface area contributed by atoms with Crippen molar-refractivity contribution in [2.45, 2.75) is 32.5 Å². The van der Waals surface area contributed by atoms with Crippen molar-refractivity contribution in [3.63, 3.8) is 0 Å². The standard InChI is InChI=1S/C8H17F3N2O/c1-7(2,3)12-4-5-13-14-6-8(9,10)11/h12-13H,4-6H2,1-3H3. The first kappa shape index (κ1) is 13.7. The summed E-state index contributed by atoms with van der Waals surface area (Å²) in [6.07, 6.45) is -4.27. The van der Waals surface area contributed by atoms with Crippen molar-refractivity contribution >= 4 is 0 Å². The summed E-state index contributed by atoms with van der Waals surface area (Å²) >= 11 is 0. The number of halogens is 3. The molecule has 0 aromatic heterocycles. The van der Waals surface area contributed by atoms with Crippen LogP contribution >= 0.6 is 0 Å². The number of hydroxylamine groups is 1. The van der Waals surface area contributed by atoms with Crippen LogP contribution in [0, 0.1) is 0 Å². The monoisotopic (exact) mass is 214 g/mol. The summed E-state index contributed by atoms with van der Waals surface area (Å²) in [5.74, 6) is 0. The van der Waals surface area contributed by atoms with Gasteiger partial charge in [-0.15, -0.1) is 0 Å². The topological polar surface area (TPSA) is 33.3 Å². The van der Waals surface area contributed by atoms with E-state index in [0.717, 1.165) is 0 Å². The van der Waals surface area contributed by atoms with Crippen LogP contribution < -0.4 is 10.8 Å². The molecule has 0 bridgehead atoms. The molecule has 0 atom stereocenters. The first-order valence-electron chi connectivity index (χ1n) is 4.37. The number of rotatable bonds is 5. The lowest BCUT2D eigenvalue weighted by Crippen LogP contribution is -2.40. The van der Waals surface area contributed by atoms with E-state index in [2.05, 4.69) is 15.6 Å². The van der Waals surface area contributed by atoms with Crippen LogP contribution in [0.15, 0.2) is 0 Å². The Bertz CT molecular complexity index is 136. The van der Waals surface area contributed by atoms with Gasteiger partial charge in [0.05, 0.1) is 0 Å². The third kappa shape index (κ3) is 11.7. The van der Waals surface area contributed by atoms with Gasteiger partial charge in [0.1, 0.15) is 0 Å². The lowest BCUT2D eigenvalue weighted by molar-refractivity contribution is -0.189. The van der Waals surface area contributed by atoms with Crippen molar-refractivity contribution in [1.82, 2.24) is 10.8 Å². The minimum absolute atomic E-state index is 0.0360. The van der Waals surface area contributed by atoms with Crippen LogP contribution in [-0.4, -0.2) is 31.4 Å². The van der Waals surface area contributed by atoms with E-state index in [4.69, 9.17) is 0 Å². The van der Waals surface area contributed by atoms with E-state index in [9.17, 15) is 13.2 Å². The molecular weight excluding hydrogens is 197 g/mol. The van der Waals surface area contributed by atoms with Crippen molar-refractivity contribution < 1.29 is 18.0 Å². The molecule has 0 aromatic rings. The second kappa shape index (κ2) is 5.53. The molecule has 0 saturated carbocycles. The fourth-order valence-corrected chi connectivity index (χ4v) is 0.694. The Morgan fingerprint density at radius 3 is 2.07 bits per heavy atom. The Balaban J connectivity index is 3.23. The summed E-state index contributed by atoms with van der Waals surface area (Å²) in [5, 5.41) is 3.10.